The Morgan fingerprint density at radius 2 is 2.32 bits per heavy atom. The van der Waals surface area contributed by atoms with Crippen LogP contribution in [-0.4, -0.2) is 23.6 Å². The fraction of sp³-hybridized carbons (Fsp3) is 0.400. The number of nitrogens with two attached hydrogens (primary N) is 1. The number of aromatic amines is 1. The van der Waals surface area contributed by atoms with Crippen LogP contribution < -0.4 is 10.5 Å². The Hall–Kier alpha value is -1.29. The van der Waals surface area contributed by atoms with Crippen LogP contribution in [0.4, 0.5) is 0 Å². The van der Waals surface area contributed by atoms with Gasteiger partial charge in [0.2, 0.25) is 0 Å². The van der Waals surface area contributed by atoms with Crippen molar-refractivity contribution in [3.63, 3.8) is 0 Å². The normalized spacial score (nSPS) is 13.6. The third-order valence-corrected chi connectivity index (χ3v) is 5.12. The molecule has 0 bridgehead atoms. The lowest BCUT2D eigenvalue weighted by Gasteiger charge is -2.11. The molecule has 1 atom stereocenters. The molecule has 7 nitrogen and oxygen atoms in total. The summed E-state index contributed by atoms with van der Waals surface area (Å²) in [7, 11) is -3.71. The van der Waals surface area contributed by atoms with Gasteiger partial charge in [-0.25, -0.2) is 18.1 Å². The molecule has 2 aromatic heterocycles. The topological polar surface area (TPSA) is 114 Å². The van der Waals surface area contributed by atoms with Gasteiger partial charge in [-0.2, -0.15) is 5.10 Å². The first kappa shape index (κ1) is 14.1. The molecule has 4 N–H and O–H groups in total. The van der Waals surface area contributed by atoms with E-state index in [1.54, 1.807) is 25.4 Å². The first-order chi connectivity index (χ1) is 8.95. The zero-order chi connectivity index (χ0) is 14.0. The highest BCUT2D eigenvalue weighted by Gasteiger charge is 2.25. The minimum atomic E-state index is -3.71. The fourth-order valence-corrected chi connectivity index (χ4v) is 3.82. The Morgan fingerprint density at radius 3 is 2.89 bits per heavy atom. The summed E-state index contributed by atoms with van der Waals surface area (Å²) in [6, 6.07) is -0.410. The molecular weight excluding hydrogens is 286 g/mol. The number of H-pyrrole nitrogens is 1. The summed E-state index contributed by atoms with van der Waals surface area (Å²) < 4.78 is 27.1. The number of sulfonamides is 1. The van der Waals surface area contributed by atoms with E-state index in [1.807, 2.05) is 0 Å². The Kier molecular flexibility index (Phi) is 3.99. The molecule has 2 heterocycles. The van der Waals surface area contributed by atoms with Crippen molar-refractivity contribution in [1.29, 1.82) is 0 Å². The van der Waals surface area contributed by atoms with Crippen molar-refractivity contribution < 1.29 is 8.42 Å². The molecule has 0 aromatic carbocycles. The second-order valence-electron chi connectivity index (χ2n) is 4.05. The number of thiazole rings is 1. The standard InChI is InChI=1S/C10H15N5O2S2/c1-6-8(5-11)10(14-13-6)19(16,17)15-7(2)9-12-3-4-18-9/h3-4,7,15H,5,11H2,1-2H3,(H,13,14). The number of aromatic nitrogens is 3. The fourth-order valence-electron chi connectivity index (χ4n) is 1.68. The van der Waals surface area contributed by atoms with Gasteiger partial charge in [-0.05, 0) is 13.8 Å². The number of nitrogens with one attached hydrogen (secondary N) is 2. The summed E-state index contributed by atoms with van der Waals surface area (Å²) in [4.78, 5) is 4.08. The predicted octanol–water partition coefficient (Wildman–Crippen LogP) is 0.673. The lowest BCUT2D eigenvalue weighted by atomic mass is 10.3. The second-order valence-corrected chi connectivity index (χ2v) is 6.61. The quantitative estimate of drug-likeness (QED) is 0.751. The van der Waals surface area contributed by atoms with Crippen molar-refractivity contribution in [1.82, 2.24) is 19.9 Å². The van der Waals surface area contributed by atoms with Gasteiger partial charge in [0.25, 0.3) is 10.0 Å². The minimum Gasteiger partial charge on any atom is -0.326 e. The van der Waals surface area contributed by atoms with Gasteiger partial charge in [-0.1, -0.05) is 0 Å². The van der Waals surface area contributed by atoms with Crippen molar-refractivity contribution in [2.45, 2.75) is 31.5 Å². The molecule has 9 heteroatoms. The molecular formula is C10H15N5O2S2. The van der Waals surface area contributed by atoms with Gasteiger partial charge in [0.1, 0.15) is 5.01 Å². The van der Waals surface area contributed by atoms with Crippen LogP contribution in [-0.2, 0) is 16.6 Å². The van der Waals surface area contributed by atoms with Crippen molar-refractivity contribution >= 4 is 21.4 Å². The smallest absolute Gasteiger partial charge is 0.260 e. The van der Waals surface area contributed by atoms with Crippen molar-refractivity contribution in [2.24, 2.45) is 5.73 Å². The summed E-state index contributed by atoms with van der Waals surface area (Å²) in [5.74, 6) is 0. The lowest BCUT2D eigenvalue weighted by molar-refractivity contribution is 0.561. The number of nitrogens with zero attached hydrogens (tertiary/aromatic N) is 2. The molecule has 0 amide bonds. The Labute approximate surface area is 115 Å². The summed E-state index contributed by atoms with van der Waals surface area (Å²) in [6.07, 6.45) is 1.63. The Balaban J connectivity index is 2.28. The summed E-state index contributed by atoms with van der Waals surface area (Å²) in [5.41, 5.74) is 6.71. The van der Waals surface area contributed by atoms with Crippen molar-refractivity contribution in [3.05, 3.63) is 27.8 Å². The van der Waals surface area contributed by atoms with E-state index < -0.39 is 16.1 Å². The highest BCUT2D eigenvalue weighted by Crippen LogP contribution is 2.20. The summed E-state index contributed by atoms with van der Waals surface area (Å²) in [6.45, 7) is 3.58. The van der Waals surface area contributed by atoms with E-state index in [0.29, 0.717) is 16.3 Å². The molecule has 0 aliphatic rings. The Bertz CT molecular complexity index is 648. The van der Waals surface area contributed by atoms with Crippen LogP contribution in [0.3, 0.4) is 0 Å². The molecule has 2 rings (SSSR count). The van der Waals surface area contributed by atoms with Gasteiger partial charge in [0, 0.05) is 29.4 Å². The van der Waals surface area contributed by atoms with Crippen molar-refractivity contribution in [3.8, 4) is 0 Å². The van der Waals surface area contributed by atoms with Gasteiger partial charge in [-0.15, -0.1) is 11.3 Å². The van der Waals surface area contributed by atoms with Crippen molar-refractivity contribution in [2.75, 3.05) is 0 Å². The minimum absolute atomic E-state index is 0.0455. The van der Waals surface area contributed by atoms with Crippen LogP contribution in [0.15, 0.2) is 16.6 Å². The van der Waals surface area contributed by atoms with E-state index in [9.17, 15) is 8.42 Å². The molecule has 2 aromatic rings. The lowest BCUT2D eigenvalue weighted by Crippen LogP contribution is -2.28. The van der Waals surface area contributed by atoms with Crippen LogP contribution in [0, 0.1) is 6.92 Å². The largest absolute Gasteiger partial charge is 0.326 e. The average molecular weight is 301 g/mol. The Morgan fingerprint density at radius 1 is 1.58 bits per heavy atom. The van der Waals surface area contributed by atoms with E-state index >= 15 is 0 Å². The maximum Gasteiger partial charge on any atom is 0.260 e. The number of rotatable bonds is 5. The zero-order valence-corrected chi connectivity index (χ0v) is 12.2. The maximum absolute atomic E-state index is 12.3. The number of hydrogen-bond acceptors (Lipinski definition) is 6. The molecule has 0 aliphatic carbocycles. The highest BCUT2D eigenvalue weighted by atomic mass is 32.2. The van der Waals surface area contributed by atoms with Gasteiger partial charge < -0.3 is 5.73 Å². The number of aryl methyl sites for hydroxylation is 1. The van der Waals surface area contributed by atoms with Crippen LogP contribution in [0.2, 0.25) is 0 Å². The third-order valence-electron chi connectivity index (χ3n) is 2.65. The molecule has 1 unspecified atom stereocenters. The van der Waals surface area contributed by atoms with E-state index in [1.165, 1.54) is 11.3 Å². The molecule has 0 fully saturated rings. The number of hydrogen-bond donors (Lipinski definition) is 3. The molecule has 0 saturated carbocycles. The first-order valence-corrected chi connectivity index (χ1v) is 7.97. The monoisotopic (exact) mass is 301 g/mol. The molecule has 0 saturated heterocycles. The van der Waals surface area contributed by atoms with E-state index in [2.05, 4.69) is 19.9 Å². The highest BCUT2D eigenvalue weighted by molar-refractivity contribution is 7.89. The summed E-state index contributed by atoms with van der Waals surface area (Å²) in [5, 5.41) is 8.91. The predicted molar refractivity (Wildman–Crippen MR) is 72.1 cm³/mol. The van der Waals surface area contributed by atoms with Gasteiger partial charge in [0.05, 0.1) is 6.04 Å². The SMILES string of the molecule is Cc1[nH]nc(S(=O)(=O)NC(C)c2nccs2)c1CN. The molecule has 19 heavy (non-hydrogen) atoms. The molecule has 104 valence electrons. The molecule has 0 spiro atoms. The van der Waals surface area contributed by atoms with Gasteiger partial charge >= 0.3 is 0 Å². The summed E-state index contributed by atoms with van der Waals surface area (Å²) >= 11 is 1.39. The van der Waals surface area contributed by atoms with E-state index in [0.717, 1.165) is 0 Å². The second kappa shape index (κ2) is 5.37. The van der Waals surface area contributed by atoms with E-state index in [4.69, 9.17) is 5.73 Å². The maximum atomic E-state index is 12.3. The van der Waals surface area contributed by atoms with Crippen LogP contribution in [0.1, 0.15) is 29.2 Å². The van der Waals surface area contributed by atoms with Crippen LogP contribution >= 0.6 is 11.3 Å². The van der Waals surface area contributed by atoms with E-state index in [-0.39, 0.29) is 11.6 Å². The van der Waals surface area contributed by atoms with Gasteiger partial charge in [0.15, 0.2) is 5.03 Å². The van der Waals surface area contributed by atoms with Gasteiger partial charge in [-0.3, -0.25) is 5.10 Å². The third kappa shape index (κ3) is 2.84. The van der Waals surface area contributed by atoms with Crippen LogP contribution in [0.5, 0.6) is 0 Å². The first-order valence-electron chi connectivity index (χ1n) is 5.61. The van der Waals surface area contributed by atoms with Crippen LogP contribution in [0.25, 0.3) is 0 Å². The average Bonchev–Trinajstić information content (AvgIpc) is 2.96. The molecule has 0 radical (unpaired) electrons. The molecule has 0 aliphatic heterocycles. The zero-order valence-electron chi connectivity index (χ0n) is 10.5.